The van der Waals surface area contributed by atoms with Gasteiger partial charge in [0.05, 0.1) is 10.0 Å². The van der Waals surface area contributed by atoms with Crippen LogP contribution in [0.2, 0.25) is 10.0 Å². The van der Waals surface area contributed by atoms with E-state index >= 15 is 0 Å². The first-order valence-electron chi connectivity index (χ1n) is 4.19. The Bertz CT molecular complexity index is 535. The van der Waals surface area contributed by atoms with Crippen molar-refractivity contribution in [3.63, 3.8) is 0 Å². The second-order valence-corrected chi connectivity index (χ2v) is 3.60. The summed E-state index contributed by atoms with van der Waals surface area (Å²) in [6, 6.07) is 3.94. The van der Waals surface area contributed by atoms with Gasteiger partial charge in [-0.15, -0.1) is 0 Å². The highest BCUT2D eigenvalue weighted by Gasteiger charge is 2.11. The fraction of sp³-hybridized carbons (Fsp3) is 0. The summed E-state index contributed by atoms with van der Waals surface area (Å²) in [5.41, 5.74) is 6.69. The topological polar surface area (TPSA) is 98.0 Å². The zero-order valence-corrected chi connectivity index (χ0v) is 9.77. The molecule has 8 heteroatoms. The standard InChI is InChI=1S/C9H6Cl2FN5/c10-4-1-2-5(12)8(7(4)11)17-16-6(3-13)9(14)15/h1-2,17H,(H3,14,15)/b16-6+. The number of nitriles is 1. The molecule has 0 bridgehead atoms. The van der Waals surface area contributed by atoms with E-state index in [0.29, 0.717) is 0 Å². The third-order valence-corrected chi connectivity index (χ3v) is 2.49. The van der Waals surface area contributed by atoms with Gasteiger partial charge in [-0.3, -0.25) is 10.8 Å². The summed E-state index contributed by atoms with van der Waals surface area (Å²) in [5, 5.41) is 19.1. The lowest BCUT2D eigenvalue weighted by molar-refractivity contribution is 0.631. The Morgan fingerprint density at radius 1 is 1.53 bits per heavy atom. The van der Waals surface area contributed by atoms with E-state index in [4.69, 9.17) is 39.6 Å². The normalized spacial score (nSPS) is 10.8. The third-order valence-electron chi connectivity index (χ3n) is 1.68. The van der Waals surface area contributed by atoms with Crippen molar-refractivity contribution in [3.8, 4) is 6.07 Å². The summed E-state index contributed by atoms with van der Waals surface area (Å²) < 4.78 is 13.3. The largest absolute Gasteiger partial charge is 0.382 e. The molecule has 0 saturated heterocycles. The van der Waals surface area contributed by atoms with E-state index in [-0.39, 0.29) is 21.4 Å². The molecule has 0 amide bonds. The molecule has 0 unspecified atom stereocenters. The maximum atomic E-state index is 13.3. The molecule has 0 atom stereocenters. The second kappa shape index (κ2) is 5.48. The molecular formula is C9H6Cl2FN5. The van der Waals surface area contributed by atoms with Crippen molar-refractivity contribution in [2.75, 3.05) is 5.43 Å². The van der Waals surface area contributed by atoms with E-state index in [9.17, 15) is 4.39 Å². The number of nitrogens with two attached hydrogens (primary N) is 1. The van der Waals surface area contributed by atoms with Gasteiger partial charge in [0, 0.05) is 0 Å². The van der Waals surface area contributed by atoms with Crippen LogP contribution in [0.1, 0.15) is 0 Å². The van der Waals surface area contributed by atoms with Gasteiger partial charge in [0.15, 0.2) is 5.84 Å². The van der Waals surface area contributed by atoms with Crippen LogP contribution in [0.4, 0.5) is 10.1 Å². The minimum absolute atomic E-state index is 0.0729. The lowest BCUT2D eigenvalue weighted by Crippen LogP contribution is -2.22. The number of benzene rings is 1. The van der Waals surface area contributed by atoms with Gasteiger partial charge in [-0.05, 0) is 12.1 Å². The van der Waals surface area contributed by atoms with Gasteiger partial charge >= 0.3 is 0 Å². The van der Waals surface area contributed by atoms with Crippen molar-refractivity contribution in [3.05, 3.63) is 28.0 Å². The summed E-state index contributed by atoms with van der Waals surface area (Å²) in [6.07, 6.45) is 0. The van der Waals surface area contributed by atoms with Crippen LogP contribution >= 0.6 is 23.2 Å². The average Bonchev–Trinajstić information content (AvgIpc) is 2.28. The first-order chi connectivity index (χ1) is 7.97. The van der Waals surface area contributed by atoms with Crippen LogP contribution in [0.3, 0.4) is 0 Å². The van der Waals surface area contributed by atoms with E-state index in [2.05, 4.69) is 10.5 Å². The van der Waals surface area contributed by atoms with Crippen LogP contribution in [0.25, 0.3) is 0 Å². The van der Waals surface area contributed by atoms with E-state index in [1.165, 1.54) is 6.07 Å². The second-order valence-electron chi connectivity index (χ2n) is 2.82. The molecule has 0 aromatic heterocycles. The molecule has 0 radical (unpaired) electrons. The van der Waals surface area contributed by atoms with Crippen LogP contribution in [0.15, 0.2) is 17.2 Å². The highest BCUT2D eigenvalue weighted by Crippen LogP contribution is 2.32. The van der Waals surface area contributed by atoms with E-state index in [0.717, 1.165) is 6.07 Å². The summed E-state index contributed by atoms with van der Waals surface area (Å²) in [4.78, 5) is 0. The number of rotatable bonds is 3. The Kier molecular flexibility index (Phi) is 4.26. The molecule has 0 aliphatic heterocycles. The minimum Gasteiger partial charge on any atom is -0.382 e. The van der Waals surface area contributed by atoms with Gasteiger partial charge in [-0.1, -0.05) is 23.2 Å². The highest BCUT2D eigenvalue weighted by atomic mass is 35.5. The zero-order chi connectivity index (χ0) is 13.0. The third kappa shape index (κ3) is 3.06. The first-order valence-corrected chi connectivity index (χ1v) is 4.94. The number of nitrogens with zero attached hydrogens (tertiary/aromatic N) is 2. The number of halogens is 3. The Morgan fingerprint density at radius 3 is 2.71 bits per heavy atom. The minimum atomic E-state index is -0.691. The van der Waals surface area contributed by atoms with Crippen molar-refractivity contribution in [1.29, 1.82) is 10.7 Å². The molecule has 1 aromatic rings. The van der Waals surface area contributed by atoms with Gasteiger partial charge in [-0.2, -0.15) is 10.4 Å². The van der Waals surface area contributed by atoms with Gasteiger partial charge in [0.25, 0.3) is 0 Å². The van der Waals surface area contributed by atoms with Crippen LogP contribution in [-0.4, -0.2) is 11.5 Å². The smallest absolute Gasteiger partial charge is 0.201 e. The number of hydrazone groups is 1. The number of nitrogens with one attached hydrogen (secondary N) is 2. The van der Waals surface area contributed by atoms with Gasteiger partial charge in [0.1, 0.15) is 17.6 Å². The van der Waals surface area contributed by atoms with E-state index < -0.39 is 11.7 Å². The van der Waals surface area contributed by atoms with Crippen LogP contribution in [0.5, 0.6) is 0 Å². The molecule has 0 aliphatic rings. The Hall–Kier alpha value is -1.84. The van der Waals surface area contributed by atoms with Gasteiger partial charge < -0.3 is 5.73 Å². The van der Waals surface area contributed by atoms with Crippen LogP contribution in [0, 0.1) is 22.6 Å². The predicted octanol–water partition coefficient (Wildman–Crippen LogP) is 2.36. The van der Waals surface area contributed by atoms with E-state index in [1.54, 1.807) is 6.07 Å². The number of amidine groups is 1. The Morgan fingerprint density at radius 2 is 2.18 bits per heavy atom. The van der Waals surface area contributed by atoms with Crippen molar-refractivity contribution in [2.45, 2.75) is 0 Å². The molecule has 0 aliphatic carbocycles. The van der Waals surface area contributed by atoms with Crippen molar-refractivity contribution in [2.24, 2.45) is 10.8 Å². The fourth-order valence-corrected chi connectivity index (χ4v) is 1.24. The van der Waals surface area contributed by atoms with Crippen molar-refractivity contribution >= 4 is 40.4 Å². The molecule has 4 N–H and O–H groups in total. The maximum Gasteiger partial charge on any atom is 0.201 e. The van der Waals surface area contributed by atoms with E-state index in [1.807, 2.05) is 0 Å². The highest BCUT2D eigenvalue weighted by molar-refractivity contribution is 6.46. The number of anilines is 1. The molecule has 0 heterocycles. The lowest BCUT2D eigenvalue weighted by Gasteiger charge is -2.06. The molecule has 0 saturated carbocycles. The molecule has 17 heavy (non-hydrogen) atoms. The lowest BCUT2D eigenvalue weighted by atomic mass is 10.3. The first kappa shape index (κ1) is 13.2. The number of hydrogen-bond acceptors (Lipinski definition) is 4. The predicted molar refractivity (Wildman–Crippen MR) is 65.0 cm³/mol. The number of hydrogen-bond donors (Lipinski definition) is 3. The van der Waals surface area contributed by atoms with Crippen molar-refractivity contribution in [1.82, 2.24) is 0 Å². The molecule has 5 nitrogen and oxygen atoms in total. The monoisotopic (exact) mass is 273 g/mol. The maximum absolute atomic E-state index is 13.3. The Balaban J connectivity index is 3.09. The van der Waals surface area contributed by atoms with Crippen LogP contribution < -0.4 is 11.2 Å². The molecule has 1 aromatic carbocycles. The average molecular weight is 274 g/mol. The molecule has 1 rings (SSSR count). The summed E-state index contributed by atoms with van der Waals surface area (Å²) in [5.74, 6) is -1.23. The summed E-state index contributed by atoms with van der Waals surface area (Å²) in [7, 11) is 0. The SMILES string of the molecule is N#C/C(=N\Nc1c(F)ccc(Cl)c1Cl)C(=N)N. The van der Waals surface area contributed by atoms with Crippen LogP contribution in [-0.2, 0) is 0 Å². The van der Waals surface area contributed by atoms with Gasteiger partial charge in [0.2, 0.25) is 5.71 Å². The molecule has 88 valence electrons. The quantitative estimate of drug-likeness (QED) is 0.341. The molecular weight excluding hydrogens is 268 g/mol. The molecule has 0 spiro atoms. The summed E-state index contributed by atoms with van der Waals surface area (Å²) >= 11 is 11.4. The Labute approximate surface area is 106 Å². The fourth-order valence-electron chi connectivity index (χ4n) is 0.887. The van der Waals surface area contributed by atoms with Crippen molar-refractivity contribution < 1.29 is 4.39 Å². The zero-order valence-electron chi connectivity index (χ0n) is 8.26. The summed E-state index contributed by atoms with van der Waals surface area (Å²) in [6.45, 7) is 0. The van der Waals surface area contributed by atoms with Gasteiger partial charge in [-0.25, -0.2) is 4.39 Å². The molecule has 0 fully saturated rings.